The highest BCUT2D eigenvalue weighted by Gasteiger charge is 2.19. The van der Waals surface area contributed by atoms with Crippen LogP contribution < -0.4 is 4.90 Å². The number of benzene rings is 3. The quantitative estimate of drug-likeness (QED) is 0.258. The minimum absolute atomic E-state index is 0.467. The van der Waals surface area contributed by atoms with Crippen LogP contribution in [0.15, 0.2) is 128 Å². The molecular weight excluding hydrogens is 410 g/mol. The number of hydrogen-bond donors (Lipinski definition) is 0. The van der Waals surface area contributed by atoms with Gasteiger partial charge in [-0.15, -0.1) is 0 Å². The van der Waals surface area contributed by atoms with Gasteiger partial charge in [-0.2, -0.15) is 0 Å². The summed E-state index contributed by atoms with van der Waals surface area (Å²) < 4.78 is 0. The fourth-order valence-corrected chi connectivity index (χ4v) is 4.13. The summed E-state index contributed by atoms with van der Waals surface area (Å²) in [5.41, 5.74) is 7.65. The Bertz CT molecular complexity index is 1090. The van der Waals surface area contributed by atoms with E-state index in [4.69, 9.17) is 0 Å². The summed E-state index contributed by atoms with van der Waals surface area (Å²) >= 11 is 0. The molecule has 0 radical (unpaired) electrons. The molecule has 0 saturated carbocycles. The van der Waals surface area contributed by atoms with Gasteiger partial charge in [0.05, 0.1) is 6.04 Å². The Morgan fingerprint density at radius 1 is 0.853 bits per heavy atom. The van der Waals surface area contributed by atoms with E-state index in [1.165, 1.54) is 52.9 Å². The van der Waals surface area contributed by atoms with Gasteiger partial charge in [-0.25, -0.2) is 0 Å². The monoisotopic (exact) mass is 447 g/mol. The van der Waals surface area contributed by atoms with Crippen molar-refractivity contribution in [2.45, 2.75) is 45.6 Å². The van der Waals surface area contributed by atoms with Crippen LogP contribution in [0.2, 0.25) is 0 Å². The van der Waals surface area contributed by atoms with Crippen LogP contribution in [0.25, 0.3) is 0 Å². The first-order valence-corrected chi connectivity index (χ1v) is 12.2. The van der Waals surface area contributed by atoms with Crippen molar-refractivity contribution in [1.82, 2.24) is 0 Å². The van der Waals surface area contributed by atoms with E-state index < -0.39 is 0 Å². The van der Waals surface area contributed by atoms with Crippen LogP contribution in [0.5, 0.6) is 0 Å². The summed E-state index contributed by atoms with van der Waals surface area (Å²) in [6, 6.07) is 28.6. The Morgan fingerprint density at radius 3 is 2.03 bits per heavy atom. The molecule has 3 aromatic rings. The summed E-state index contributed by atoms with van der Waals surface area (Å²) in [6.45, 7) is 11.7. The maximum atomic E-state index is 3.78. The fourth-order valence-electron chi connectivity index (χ4n) is 4.13. The third-order valence-corrected chi connectivity index (χ3v) is 6.03. The first-order valence-electron chi connectivity index (χ1n) is 12.2. The molecular formula is C33H37N. The number of rotatable bonds is 7. The first-order chi connectivity index (χ1) is 16.6. The van der Waals surface area contributed by atoms with Crippen molar-refractivity contribution >= 4 is 11.4 Å². The first kappa shape index (κ1) is 25.1. The largest absolute Gasteiger partial charge is 0.335 e. The van der Waals surface area contributed by atoms with Gasteiger partial charge in [0, 0.05) is 11.4 Å². The Morgan fingerprint density at radius 2 is 1.47 bits per heavy atom. The van der Waals surface area contributed by atoms with E-state index >= 15 is 0 Å². The van der Waals surface area contributed by atoms with Gasteiger partial charge in [-0.05, 0) is 74.9 Å². The predicted molar refractivity (Wildman–Crippen MR) is 150 cm³/mol. The van der Waals surface area contributed by atoms with Gasteiger partial charge >= 0.3 is 0 Å². The van der Waals surface area contributed by atoms with Crippen LogP contribution in [0.3, 0.4) is 0 Å². The lowest BCUT2D eigenvalue weighted by molar-refractivity contribution is 0.631. The van der Waals surface area contributed by atoms with Crippen LogP contribution in [0.1, 0.15) is 36.0 Å². The standard InChI is InChI=1S/C19H21N.C14H16/c1-16-12-14-19(15-13-16)20(17-8-4-2-5-9-17)18-10-6-3-7-11-18;1-4-6-13(5-2)11-14-9-7-12(3)8-10-14/h2,4-6,8-10,12-15,18H,3,7,11H2,1H3;4-10H,1-2,11H2,3H3/b;13-6+. The molecule has 1 aliphatic carbocycles. The van der Waals surface area contributed by atoms with Gasteiger partial charge in [0.15, 0.2) is 0 Å². The molecule has 174 valence electrons. The molecule has 4 rings (SSSR count). The maximum Gasteiger partial charge on any atom is 0.0522 e. The van der Waals surface area contributed by atoms with E-state index in [1.54, 1.807) is 6.08 Å². The van der Waals surface area contributed by atoms with Crippen LogP contribution in [0.4, 0.5) is 11.4 Å². The van der Waals surface area contributed by atoms with Gasteiger partial charge in [0.1, 0.15) is 0 Å². The zero-order valence-electron chi connectivity index (χ0n) is 20.7. The number of para-hydroxylation sites is 1. The van der Waals surface area contributed by atoms with Crippen molar-refractivity contribution in [2.24, 2.45) is 0 Å². The topological polar surface area (TPSA) is 3.24 Å². The SMILES string of the molecule is C=C/C=C(\C=C)Cc1ccc(C)cc1.Cc1ccc(N(c2ccccc2)C2C=CCCC2)cc1. The summed E-state index contributed by atoms with van der Waals surface area (Å²) in [5.74, 6) is 0. The van der Waals surface area contributed by atoms with Gasteiger partial charge in [0.2, 0.25) is 0 Å². The number of hydrogen-bond acceptors (Lipinski definition) is 1. The van der Waals surface area contributed by atoms with Crippen molar-refractivity contribution in [1.29, 1.82) is 0 Å². The van der Waals surface area contributed by atoms with Gasteiger partial charge in [0.25, 0.3) is 0 Å². The molecule has 1 nitrogen and oxygen atoms in total. The van der Waals surface area contributed by atoms with Crippen molar-refractivity contribution in [2.75, 3.05) is 4.90 Å². The molecule has 3 aromatic carbocycles. The molecule has 1 atom stereocenters. The molecule has 0 spiro atoms. The lowest BCUT2D eigenvalue weighted by atomic mass is 9.99. The molecule has 1 unspecified atom stereocenters. The minimum Gasteiger partial charge on any atom is -0.335 e. The summed E-state index contributed by atoms with van der Waals surface area (Å²) in [5, 5.41) is 0. The van der Waals surface area contributed by atoms with Crippen LogP contribution in [-0.4, -0.2) is 6.04 Å². The summed E-state index contributed by atoms with van der Waals surface area (Å²) in [7, 11) is 0. The van der Waals surface area contributed by atoms with Crippen molar-refractivity contribution in [3.63, 3.8) is 0 Å². The highest BCUT2D eigenvalue weighted by Crippen LogP contribution is 2.31. The molecule has 34 heavy (non-hydrogen) atoms. The molecule has 0 aromatic heterocycles. The average Bonchev–Trinajstić information content (AvgIpc) is 2.88. The number of aryl methyl sites for hydroxylation is 2. The molecule has 1 heteroatoms. The van der Waals surface area contributed by atoms with Crippen molar-refractivity contribution in [3.8, 4) is 0 Å². The lowest BCUT2D eigenvalue weighted by Crippen LogP contribution is -2.30. The molecule has 0 heterocycles. The maximum absolute atomic E-state index is 3.78. The summed E-state index contributed by atoms with van der Waals surface area (Å²) in [6.07, 6.45) is 15.0. The Kier molecular flexibility index (Phi) is 9.73. The zero-order valence-corrected chi connectivity index (χ0v) is 20.7. The Labute approximate surface area is 206 Å². The normalized spacial score (nSPS) is 15.1. The Balaban J connectivity index is 0.000000204. The van der Waals surface area contributed by atoms with Gasteiger partial charge < -0.3 is 4.90 Å². The van der Waals surface area contributed by atoms with Gasteiger partial charge in [-0.3, -0.25) is 0 Å². The smallest absolute Gasteiger partial charge is 0.0522 e. The minimum atomic E-state index is 0.467. The Hall–Kier alpha value is -3.58. The van der Waals surface area contributed by atoms with Crippen molar-refractivity contribution < 1.29 is 0 Å². The second-order valence-electron chi connectivity index (χ2n) is 8.81. The number of anilines is 2. The molecule has 1 aliphatic rings. The van der Waals surface area contributed by atoms with Gasteiger partial charge in [-0.1, -0.05) is 109 Å². The van der Waals surface area contributed by atoms with E-state index in [1.807, 2.05) is 12.2 Å². The fraction of sp³-hybridized carbons (Fsp3) is 0.212. The number of allylic oxidation sites excluding steroid dienone is 5. The third kappa shape index (κ3) is 7.49. The highest BCUT2D eigenvalue weighted by molar-refractivity contribution is 5.65. The molecule has 0 amide bonds. The molecule has 0 aliphatic heterocycles. The van der Waals surface area contributed by atoms with E-state index in [0.29, 0.717) is 6.04 Å². The van der Waals surface area contributed by atoms with Crippen LogP contribution in [-0.2, 0) is 6.42 Å². The van der Waals surface area contributed by atoms with Crippen molar-refractivity contribution in [3.05, 3.63) is 145 Å². The zero-order chi connectivity index (χ0) is 24.2. The van der Waals surface area contributed by atoms with Crippen LogP contribution in [0, 0.1) is 13.8 Å². The lowest BCUT2D eigenvalue weighted by Gasteiger charge is -2.33. The highest BCUT2D eigenvalue weighted by atomic mass is 15.2. The molecule has 0 N–H and O–H groups in total. The average molecular weight is 448 g/mol. The number of nitrogens with zero attached hydrogens (tertiary/aromatic N) is 1. The van der Waals surface area contributed by atoms with E-state index in [9.17, 15) is 0 Å². The summed E-state index contributed by atoms with van der Waals surface area (Å²) in [4.78, 5) is 2.45. The van der Waals surface area contributed by atoms with Crippen LogP contribution >= 0.6 is 0 Å². The third-order valence-electron chi connectivity index (χ3n) is 6.03. The van der Waals surface area contributed by atoms with E-state index in [-0.39, 0.29) is 0 Å². The second-order valence-corrected chi connectivity index (χ2v) is 8.81. The molecule has 0 saturated heterocycles. The second kappa shape index (κ2) is 13.2. The predicted octanol–water partition coefficient (Wildman–Crippen LogP) is 9.08. The van der Waals surface area contributed by atoms with E-state index in [2.05, 4.69) is 123 Å². The van der Waals surface area contributed by atoms with E-state index in [0.717, 1.165) is 6.42 Å². The molecule has 0 bridgehead atoms. The molecule has 0 fully saturated rings.